The zero-order chi connectivity index (χ0) is 18.2. The first-order valence-corrected chi connectivity index (χ1v) is 11.9. The fraction of sp³-hybridized carbons (Fsp3) is 0.769. The van der Waals surface area contributed by atoms with Crippen LogP contribution in [0.2, 0.25) is 0 Å². The molecule has 2 aliphatic rings. The molecule has 0 saturated heterocycles. The van der Waals surface area contributed by atoms with Gasteiger partial charge < -0.3 is 0 Å². The van der Waals surface area contributed by atoms with Gasteiger partial charge in [-0.2, -0.15) is 0 Å². The minimum absolute atomic E-state index is 0.840. The molecule has 3 rings (SSSR count). The summed E-state index contributed by atoms with van der Waals surface area (Å²) in [6.45, 7) is 4.64. The van der Waals surface area contributed by atoms with Crippen molar-refractivity contribution in [3.63, 3.8) is 0 Å². The second kappa shape index (κ2) is 10.5. The zero-order valence-corrected chi connectivity index (χ0v) is 17.5. The minimum atomic E-state index is 0.840. The Morgan fingerprint density at radius 3 is 1.88 bits per heavy atom. The number of benzene rings is 1. The van der Waals surface area contributed by atoms with Crippen molar-refractivity contribution in [2.24, 2.45) is 17.8 Å². The van der Waals surface area contributed by atoms with E-state index in [0.717, 1.165) is 23.7 Å². The van der Waals surface area contributed by atoms with Crippen molar-refractivity contribution in [2.45, 2.75) is 110 Å². The Balaban J connectivity index is 1.42. The fourth-order valence-electron chi connectivity index (χ4n) is 5.82. The molecule has 0 bridgehead atoms. The highest BCUT2D eigenvalue weighted by atomic mass is 14.4. The molecule has 0 N–H and O–H groups in total. The van der Waals surface area contributed by atoms with Crippen LogP contribution >= 0.6 is 0 Å². The Hall–Kier alpha value is -0.780. The van der Waals surface area contributed by atoms with Gasteiger partial charge in [-0.1, -0.05) is 76.6 Å². The van der Waals surface area contributed by atoms with Crippen LogP contribution in [0.3, 0.4) is 0 Å². The van der Waals surface area contributed by atoms with Crippen LogP contribution in [0.1, 0.15) is 114 Å². The lowest BCUT2D eigenvalue weighted by Crippen LogP contribution is -2.25. The summed E-state index contributed by atoms with van der Waals surface area (Å²) in [6.07, 6.45) is 20.2. The average molecular weight is 355 g/mol. The first-order valence-electron chi connectivity index (χ1n) is 11.9. The van der Waals surface area contributed by atoms with E-state index < -0.39 is 0 Å². The third-order valence-electron chi connectivity index (χ3n) is 7.55. The number of hydrogen-bond donors (Lipinski definition) is 0. The first kappa shape index (κ1) is 20.0. The lowest BCUT2D eigenvalue weighted by molar-refractivity contribution is 0.156. The summed E-state index contributed by atoms with van der Waals surface area (Å²) in [5, 5.41) is 0. The van der Waals surface area contributed by atoms with Crippen molar-refractivity contribution in [2.75, 3.05) is 0 Å². The molecule has 0 unspecified atom stereocenters. The van der Waals surface area contributed by atoms with Crippen molar-refractivity contribution in [3.8, 4) is 0 Å². The molecule has 0 aromatic heterocycles. The monoisotopic (exact) mass is 354 g/mol. The summed E-state index contributed by atoms with van der Waals surface area (Å²) in [4.78, 5) is 0. The lowest BCUT2D eigenvalue weighted by Gasteiger charge is -2.38. The Kier molecular flexibility index (Phi) is 8.08. The highest BCUT2D eigenvalue weighted by Crippen LogP contribution is 2.44. The average Bonchev–Trinajstić information content (AvgIpc) is 2.70. The van der Waals surface area contributed by atoms with Gasteiger partial charge in [0.1, 0.15) is 0 Å². The van der Waals surface area contributed by atoms with Crippen molar-refractivity contribution in [3.05, 3.63) is 35.4 Å². The van der Waals surface area contributed by atoms with Gasteiger partial charge >= 0.3 is 0 Å². The molecule has 26 heavy (non-hydrogen) atoms. The van der Waals surface area contributed by atoms with Crippen LogP contribution in [0.4, 0.5) is 0 Å². The van der Waals surface area contributed by atoms with Crippen LogP contribution in [-0.4, -0.2) is 0 Å². The van der Waals surface area contributed by atoms with Crippen molar-refractivity contribution >= 4 is 0 Å². The van der Waals surface area contributed by atoms with Crippen LogP contribution in [0.25, 0.3) is 0 Å². The predicted molar refractivity (Wildman–Crippen MR) is 115 cm³/mol. The molecule has 0 spiro atoms. The molecule has 2 aliphatic carbocycles. The molecule has 1 aromatic rings. The Morgan fingerprint density at radius 2 is 1.31 bits per heavy atom. The third kappa shape index (κ3) is 5.61. The quantitative estimate of drug-likeness (QED) is 0.412. The maximum Gasteiger partial charge on any atom is -0.0162 e. The molecule has 0 nitrogen and oxygen atoms in total. The maximum absolute atomic E-state index is 2.45. The Bertz CT molecular complexity index is 483. The molecule has 0 heteroatoms. The SMILES string of the molecule is CCCCCc1ccc([C@H]2CC[C@H]([C@H]3CC[C@H](CCC)CC3)CC2)cc1. The maximum atomic E-state index is 2.45. The number of unbranched alkanes of at least 4 members (excludes halogenated alkanes) is 2. The van der Waals surface area contributed by atoms with Crippen LogP contribution in [0, 0.1) is 17.8 Å². The molecule has 0 aliphatic heterocycles. The molecule has 2 saturated carbocycles. The second-order valence-electron chi connectivity index (χ2n) is 9.38. The van der Waals surface area contributed by atoms with Gasteiger partial charge in [-0.25, -0.2) is 0 Å². The van der Waals surface area contributed by atoms with Gasteiger partial charge in [0.15, 0.2) is 0 Å². The first-order chi connectivity index (χ1) is 12.8. The van der Waals surface area contributed by atoms with Gasteiger partial charge in [0, 0.05) is 0 Å². The van der Waals surface area contributed by atoms with E-state index in [9.17, 15) is 0 Å². The molecular weight excluding hydrogens is 312 g/mol. The Morgan fingerprint density at radius 1 is 0.692 bits per heavy atom. The van der Waals surface area contributed by atoms with E-state index in [1.807, 2.05) is 0 Å². The van der Waals surface area contributed by atoms with E-state index >= 15 is 0 Å². The summed E-state index contributed by atoms with van der Waals surface area (Å²) in [5.74, 6) is 4.00. The summed E-state index contributed by atoms with van der Waals surface area (Å²) in [6, 6.07) is 9.71. The van der Waals surface area contributed by atoms with Crippen molar-refractivity contribution in [1.82, 2.24) is 0 Å². The van der Waals surface area contributed by atoms with Gasteiger partial charge in [0.25, 0.3) is 0 Å². The molecule has 0 amide bonds. The molecule has 0 radical (unpaired) electrons. The summed E-state index contributed by atoms with van der Waals surface area (Å²) >= 11 is 0. The van der Waals surface area contributed by atoms with Crippen molar-refractivity contribution in [1.29, 1.82) is 0 Å². The highest BCUT2D eigenvalue weighted by Gasteiger charge is 2.30. The van der Waals surface area contributed by atoms with E-state index in [0.29, 0.717) is 0 Å². The minimum Gasteiger partial charge on any atom is -0.0654 e. The Labute approximate surface area is 163 Å². The molecule has 146 valence electrons. The number of hydrogen-bond acceptors (Lipinski definition) is 0. The second-order valence-corrected chi connectivity index (χ2v) is 9.38. The summed E-state index contributed by atoms with van der Waals surface area (Å²) in [7, 11) is 0. The van der Waals surface area contributed by atoms with Gasteiger partial charge in [-0.05, 0) is 86.2 Å². The van der Waals surface area contributed by atoms with Gasteiger partial charge in [-0.3, -0.25) is 0 Å². The third-order valence-corrected chi connectivity index (χ3v) is 7.55. The topological polar surface area (TPSA) is 0 Å². The number of aryl methyl sites for hydroxylation is 1. The van der Waals surface area contributed by atoms with E-state index in [1.54, 1.807) is 11.1 Å². The van der Waals surface area contributed by atoms with Gasteiger partial charge in [-0.15, -0.1) is 0 Å². The normalized spacial score (nSPS) is 29.6. The summed E-state index contributed by atoms with van der Waals surface area (Å²) < 4.78 is 0. The highest BCUT2D eigenvalue weighted by molar-refractivity contribution is 5.26. The largest absolute Gasteiger partial charge is 0.0654 e. The molecule has 2 fully saturated rings. The molecule has 0 atom stereocenters. The van der Waals surface area contributed by atoms with Gasteiger partial charge in [0.05, 0.1) is 0 Å². The standard InChI is InChI=1S/C26H42/c1-3-5-6-8-22-11-15-24(16-12-22)26-19-17-25(18-20-26)23-13-9-21(7-4-2)10-14-23/h11-12,15-16,21,23,25-26H,3-10,13-14,17-20H2,1-2H3/t21-,23-,25-,26-. The van der Waals surface area contributed by atoms with E-state index in [2.05, 4.69) is 38.1 Å². The van der Waals surface area contributed by atoms with Crippen LogP contribution < -0.4 is 0 Å². The van der Waals surface area contributed by atoms with Crippen molar-refractivity contribution < 1.29 is 0 Å². The van der Waals surface area contributed by atoms with E-state index in [4.69, 9.17) is 0 Å². The predicted octanol–water partition coefficient (Wildman–Crippen LogP) is 8.30. The zero-order valence-electron chi connectivity index (χ0n) is 17.5. The smallest absolute Gasteiger partial charge is 0.0162 e. The molecular formula is C26H42. The number of rotatable bonds is 8. The van der Waals surface area contributed by atoms with Crippen LogP contribution in [0.15, 0.2) is 24.3 Å². The van der Waals surface area contributed by atoms with Crippen LogP contribution in [0.5, 0.6) is 0 Å². The molecule has 0 heterocycles. The fourth-order valence-corrected chi connectivity index (χ4v) is 5.82. The van der Waals surface area contributed by atoms with Crippen LogP contribution in [-0.2, 0) is 6.42 Å². The van der Waals surface area contributed by atoms with E-state index in [-0.39, 0.29) is 0 Å². The lowest BCUT2D eigenvalue weighted by atomic mass is 9.68. The molecule has 1 aromatic carbocycles. The van der Waals surface area contributed by atoms with Gasteiger partial charge in [0.2, 0.25) is 0 Å². The van der Waals surface area contributed by atoms with E-state index in [1.165, 1.54) is 89.9 Å². The summed E-state index contributed by atoms with van der Waals surface area (Å²) in [5.41, 5.74) is 3.16.